The number of hydrogen-bond acceptors (Lipinski definition) is 6. The molecule has 0 N–H and O–H groups in total. The van der Waals surface area contributed by atoms with Gasteiger partial charge in [0.25, 0.3) is 0 Å². The largest absolute Gasteiger partial charge is 0.470 e. The van der Waals surface area contributed by atoms with Gasteiger partial charge >= 0.3 is 0 Å². The summed E-state index contributed by atoms with van der Waals surface area (Å²) in [6.07, 6.45) is 11.0. The van der Waals surface area contributed by atoms with Crippen LogP contribution in [-0.2, 0) is 25.3 Å². The van der Waals surface area contributed by atoms with E-state index in [2.05, 4.69) is 10.2 Å². The van der Waals surface area contributed by atoms with E-state index in [1.165, 1.54) is 0 Å². The Hall–Kier alpha value is -3.20. The number of aryl methyl sites for hydroxylation is 2. The van der Waals surface area contributed by atoms with Crippen LogP contribution in [0.3, 0.4) is 0 Å². The number of aromatic nitrogens is 7. The van der Waals surface area contributed by atoms with Crippen LogP contribution in [0.4, 0.5) is 0 Å². The maximum atomic E-state index is 6.25. The van der Waals surface area contributed by atoms with Gasteiger partial charge in [0.2, 0.25) is 5.88 Å². The van der Waals surface area contributed by atoms with Crippen molar-refractivity contribution in [1.82, 2.24) is 34.1 Å². The van der Waals surface area contributed by atoms with Gasteiger partial charge in [0, 0.05) is 45.5 Å². The van der Waals surface area contributed by atoms with Gasteiger partial charge in [0.05, 0.1) is 36.8 Å². The molecule has 0 spiro atoms. The van der Waals surface area contributed by atoms with Crippen molar-refractivity contribution in [2.24, 2.45) is 14.1 Å². The summed E-state index contributed by atoms with van der Waals surface area (Å²) in [5.74, 6) is 1.28. The molecule has 1 atom stereocenters. The molecule has 9 heteroatoms. The number of rotatable bonds is 5. The summed E-state index contributed by atoms with van der Waals surface area (Å²) < 4.78 is 17.3. The van der Waals surface area contributed by atoms with Gasteiger partial charge in [0.15, 0.2) is 0 Å². The Morgan fingerprint density at radius 1 is 1.14 bits per heavy atom. The zero-order valence-electron chi connectivity index (χ0n) is 15.8. The molecule has 0 unspecified atom stereocenters. The van der Waals surface area contributed by atoms with Crippen LogP contribution in [0.25, 0.3) is 16.7 Å². The molecule has 0 radical (unpaired) electrons. The highest BCUT2D eigenvalue weighted by atomic mass is 16.5. The number of ether oxygens (including phenoxy) is 2. The third-order valence-corrected chi connectivity index (χ3v) is 4.80. The molecule has 0 amide bonds. The van der Waals surface area contributed by atoms with E-state index in [1.807, 2.05) is 55.7 Å². The van der Waals surface area contributed by atoms with E-state index >= 15 is 0 Å². The average Bonchev–Trinajstić information content (AvgIpc) is 3.43. The van der Waals surface area contributed by atoms with Crippen molar-refractivity contribution >= 4 is 11.0 Å². The highest BCUT2D eigenvalue weighted by Crippen LogP contribution is 2.29. The van der Waals surface area contributed by atoms with Crippen LogP contribution in [0, 0.1) is 0 Å². The van der Waals surface area contributed by atoms with Gasteiger partial charge < -0.3 is 14.0 Å². The zero-order chi connectivity index (χ0) is 19.1. The molecule has 0 bridgehead atoms. The van der Waals surface area contributed by atoms with Crippen molar-refractivity contribution in [3.8, 4) is 11.6 Å². The van der Waals surface area contributed by atoms with Crippen molar-refractivity contribution in [2.45, 2.75) is 18.9 Å². The summed E-state index contributed by atoms with van der Waals surface area (Å²) in [5.41, 5.74) is 3.68. The molecule has 1 fully saturated rings. The lowest BCUT2D eigenvalue weighted by Crippen LogP contribution is -2.18. The SMILES string of the molecule is Cn1cc(Cc2nc(O[C@H]3CCOC3)c3c(ccn3-c3cnn(C)c3)n2)cn1. The summed E-state index contributed by atoms with van der Waals surface area (Å²) in [6, 6.07) is 1.98. The van der Waals surface area contributed by atoms with E-state index in [9.17, 15) is 0 Å². The fourth-order valence-electron chi connectivity index (χ4n) is 3.48. The molecule has 5 heterocycles. The van der Waals surface area contributed by atoms with Crippen molar-refractivity contribution in [3.63, 3.8) is 0 Å². The number of fused-ring (bicyclic) bond motifs is 1. The molecule has 4 aromatic heterocycles. The Morgan fingerprint density at radius 3 is 2.71 bits per heavy atom. The Balaban J connectivity index is 1.59. The normalized spacial score (nSPS) is 16.9. The average molecular weight is 379 g/mol. The van der Waals surface area contributed by atoms with Gasteiger partial charge in [-0.15, -0.1) is 0 Å². The molecular formula is C19H21N7O2. The van der Waals surface area contributed by atoms with Gasteiger partial charge in [-0.25, -0.2) is 4.98 Å². The topological polar surface area (TPSA) is 84.8 Å². The molecule has 1 aliphatic heterocycles. The molecule has 9 nitrogen and oxygen atoms in total. The molecule has 28 heavy (non-hydrogen) atoms. The molecule has 1 aliphatic rings. The third-order valence-electron chi connectivity index (χ3n) is 4.80. The molecule has 5 rings (SSSR count). The quantitative estimate of drug-likeness (QED) is 0.524. The standard InChI is InChI=1S/C19H21N7O2/c1-24-10-13(8-20-24)7-17-22-16-3-5-26(14-9-21-25(2)11-14)18(16)19(23-17)28-15-4-6-27-12-15/h3,5,8-11,15H,4,6-7,12H2,1-2H3/t15-/m0/s1. The summed E-state index contributed by atoms with van der Waals surface area (Å²) in [4.78, 5) is 9.52. The maximum absolute atomic E-state index is 6.25. The first kappa shape index (κ1) is 16.9. The zero-order valence-corrected chi connectivity index (χ0v) is 15.8. The van der Waals surface area contributed by atoms with Crippen LogP contribution in [0.2, 0.25) is 0 Å². The Kier molecular flexibility index (Phi) is 4.09. The van der Waals surface area contributed by atoms with Crippen LogP contribution in [0.5, 0.6) is 5.88 Å². The lowest BCUT2D eigenvalue weighted by Gasteiger charge is -2.14. The van der Waals surface area contributed by atoms with Crippen molar-refractivity contribution in [3.05, 3.63) is 48.4 Å². The van der Waals surface area contributed by atoms with Crippen LogP contribution < -0.4 is 4.74 Å². The molecule has 0 aliphatic carbocycles. The second-order valence-electron chi connectivity index (χ2n) is 7.04. The first-order valence-corrected chi connectivity index (χ1v) is 9.24. The van der Waals surface area contributed by atoms with Crippen LogP contribution in [-0.4, -0.2) is 53.4 Å². The van der Waals surface area contributed by atoms with Crippen molar-refractivity contribution < 1.29 is 9.47 Å². The van der Waals surface area contributed by atoms with Gasteiger partial charge in [0.1, 0.15) is 17.4 Å². The Bertz CT molecular complexity index is 1120. The first-order chi connectivity index (χ1) is 13.7. The van der Waals surface area contributed by atoms with Crippen LogP contribution >= 0.6 is 0 Å². The maximum Gasteiger partial charge on any atom is 0.242 e. The summed E-state index contributed by atoms with van der Waals surface area (Å²) >= 11 is 0. The first-order valence-electron chi connectivity index (χ1n) is 9.24. The van der Waals surface area contributed by atoms with E-state index < -0.39 is 0 Å². The summed E-state index contributed by atoms with van der Waals surface area (Å²) in [5, 5.41) is 8.50. The molecule has 144 valence electrons. The second kappa shape index (κ2) is 6.75. The molecule has 0 aromatic carbocycles. The molecule has 4 aromatic rings. The summed E-state index contributed by atoms with van der Waals surface area (Å²) in [6.45, 7) is 1.29. The lowest BCUT2D eigenvalue weighted by molar-refractivity contribution is 0.139. The van der Waals surface area contributed by atoms with Gasteiger partial charge in [-0.1, -0.05) is 0 Å². The minimum Gasteiger partial charge on any atom is -0.470 e. The van der Waals surface area contributed by atoms with Gasteiger partial charge in [-0.05, 0) is 11.6 Å². The molecule has 0 saturated carbocycles. The third kappa shape index (κ3) is 3.13. The van der Waals surface area contributed by atoms with Gasteiger partial charge in [-0.3, -0.25) is 9.36 Å². The Morgan fingerprint density at radius 2 is 2.00 bits per heavy atom. The summed E-state index contributed by atoms with van der Waals surface area (Å²) in [7, 11) is 3.79. The van der Waals surface area contributed by atoms with Gasteiger partial charge in [-0.2, -0.15) is 15.2 Å². The smallest absolute Gasteiger partial charge is 0.242 e. The van der Waals surface area contributed by atoms with Crippen molar-refractivity contribution in [2.75, 3.05) is 13.2 Å². The van der Waals surface area contributed by atoms with E-state index in [-0.39, 0.29) is 6.10 Å². The fourth-order valence-corrected chi connectivity index (χ4v) is 3.48. The van der Waals surface area contributed by atoms with Crippen LogP contribution in [0.1, 0.15) is 17.8 Å². The lowest BCUT2D eigenvalue weighted by atomic mass is 10.2. The monoisotopic (exact) mass is 379 g/mol. The highest BCUT2D eigenvalue weighted by Gasteiger charge is 2.22. The minimum absolute atomic E-state index is 0.00147. The predicted octanol–water partition coefficient (Wildman–Crippen LogP) is 1.65. The van der Waals surface area contributed by atoms with E-state index in [1.54, 1.807) is 9.36 Å². The predicted molar refractivity (Wildman–Crippen MR) is 101 cm³/mol. The Labute approximate surface area is 161 Å². The minimum atomic E-state index is 0.00147. The molecule has 1 saturated heterocycles. The van der Waals surface area contributed by atoms with E-state index in [0.29, 0.717) is 31.3 Å². The fraction of sp³-hybridized carbons (Fsp3) is 0.368. The van der Waals surface area contributed by atoms with E-state index in [4.69, 9.17) is 19.4 Å². The second-order valence-corrected chi connectivity index (χ2v) is 7.04. The number of nitrogens with zero attached hydrogens (tertiary/aromatic N) is 7. The number of hydrogen-bond donors (Lipinski definition) is 0. The van der Waals surface area contributed by atoms with Crippen LogP contribution in [0.15, 0.2) is 37.1 Å². The molecular weight excluding hydrogens is 358 g/mol. The van der Waals surface area contributed by atoms with Crippen molar-refractivity contribution in [1.29, 1.82) is 0 Å². The van der Waals surface area contributed by atoms with E-state index in [0.717, 1.165) is 28.7 Å². The highest BCUT2D eigenvalue weighted by molar-refractivity contribution is 5.82.